The molecule has 1 N–H and O–H groups in total. The predicted octanol–water partition coefficient (Wildman–Crippen LogP) is 0.574. The maximum atomic E-state index is 12.2. The van der Waals surface area contributed by atoms with Crippen LogP contribution in [-0.2, 0) is 9.59 Å². The van der Waals surface area contributed by atoms with Crippen molar-refractivity contribution in [2.45, 2.75) is 13.3 Å². The second-order valence-corrected chi connectivity index (χ2v) is 4.51. The molecular weight excluding hydrogens is 260 g/mol. The molecule has 106 valence electrons. The van der Waals surface area contributed by atoms with Crippen molar-refractivity contribution < 1.29 is 19.1 Å². The first-order valence-corrected chi connectivity index (χ1v) is 6.45. The van der Waals surface area contributed by atoms with Gasteiger partial charge >= 0.3 is 0 Å². The molecule has 0 atom stereocenters. The number of nitrogens with one attached hydrogen (secondary N) is 1. The Morgan fingerprint density at radius 3 is 2.35 bits per heavy atom. The molecule has 0 spiro atoms. The van der Waals surface area contributed by atoms with Gasteiger partial charge in [0.15, 0.2) is 0 Å². The van der Waals surface area contributed by atoms with Crippen molar-refractivity contribution in [1.82, 2.24) is 10.2 Å². The van der Waals surface area contributed by atoms with E-state index in [9.17, 15) is 14.4 Å². The molecule has 0 aliphatic carbocycles. The number of hydrogen-bond acceptors (Lipinski definition) is 4. The summed E-state index contributed by atoms with van der Waals surface area (Å²) >= 11 is 0. The van der Waals surface area contributed by atoms with E-state index < -0.39 is 11.8 Å². The molecule has 2 rings (SSSR count). The molecule has 1 heterocycles. The number of piperazine rings is 1. The van der Waals surface area contributed by atoms with E-state index in [0.29, 0.717) is 17.9 Å². The summed E-state index contributed by atoms with van der Waals surface area (Å²) in [6.07, 6.45) is 0.908. The Labute approximate surface area is 116 Å². The van der Waals surface area contributed by atoms with Crippen LogP contribution in [0.1, 0.15) is 23.7 Å². The van der Waals surface area contributed by atoms with Crippen LogP contribution in [0.15, 0.2) is 24.3 Å². The van der Waals surface area contributed by atoms with Crippen LogP contribution in [0.4, 0.5) is 0 Å². The third-order valence-electron chi connectivity index (χ3n) is 2.81. The summed E-state index contributed by atoms with van der Waals surface area (Å²) in [6, 6.07) is 6.66. The van der Waals surface area contributed by atoms with E-state index in [1.54, 1.807) is 24.3 Å². The lowest BCUT2D eigenvalue weighted by atomic mass is 10.1. The standard InChI is InChI=1S/C14H16N2O4/c1-2-7-20-11-5-3-10(4-6-11)14(19)16-8-12(17)15-13(18)9-16/h3-6H,2,7-9H2,1H3,(H,15,17,18). The SMILES string of the molecule is CCCOc1ccc(C(=O)N2CC(=O)NC(=O)C2)cc1. The molecule has 0 radical (unpaired) electrons. The minimum absolute atomic E-state index is 0.0986. The zero-order valence-corrected chi connectivity index (χ0v) is 11.2. The van der Waals surface area contributed by atoms with Crippen LogP contribution in [-0.4, -0.2) is 42.3 Å². The monoisotopic (exact) mass is 276 g/mol. The zero-order valence-electron chi connectivity index (χ0n) is 11.2. The lowest BCUT2D eigenvalue weighted by molar-refractivity contribution is -0.135. The van der Waals surface area contributed by atoms with E-state index in [1.807, 2.05) is 6.92 Å². The maximum absolute atomic E-state index is 12.2. The summed E-state index contributed by atoms with van der Waals surface area (Å²) in [4.78, 5) is 35.9. The van der Waals surface area contributed by atoms with E-state index in [2.05, 4.69) is 5.32 Å². The summed E-state index contributed by atoms with van der Waals surface area (Å²) in [5.41, 5.74) is 0.427. The fourth-order valence-electron chi connectivity index (χ4n) is 1.88. The smallest absolute Gasteiger partial charge is 0.254 e. The van der Waals surface area contributed by atoms with E-state index in [-0.39, 0.29) is 19.0 Å². The molecule has 6 nitrogen and oxygen atoms in total. The summed E-state index contributed by atoms with van der Waals surface area (Å²) in [7, 11) is 0. The second kappa shape index (κ2) is 6.18. The average molecular weight is 276 g/mol. The first-order chi connectivity index (χ1) is 9.60. The Balaban J connectivity index is 2.05. The van der Waals surface area contributed by atoms with Crippen molar-refractivity contribution in [3.05, 3.63) is 29.8 Å². The summed E-state index contributed by atoms with van der Waals surface area (Å²) in [5.74, 6) is -0.568. The molecule has 20 heavy (non-hydrogen) atoms. The van der Waals surface area contributed by atoms with Gasteiger partial charge in [0.1, 0.15) is 18.8 Å². The first kappa shape index (κ1) is 14.0. The number of nitrogens with zero attached hydrogens (tertiary/aromatic N) is 1. The third kappa shape index (κ3) is 3.34. The molecule has 1 aromatic rings. The van der Waals surface area contributed by atoms with E-state index >= 15 is 0 Å². The van der Waals surface area contributed by atoms with Gasteiger partial charge in [0.25, 0.3) is 5.91 Å². The molecule has 0 aromatic heterocycles. The van der Waals surface area contributed by atoms with Gasteiger partial charge in [-0.05, 0) is 30.7 Å². The quantitative estimate of drug-likeness (QED) is 0.816. The third-order valence-corrected chi connectivity index (χ3v) is 2.81. The van der Waals surface area contributed by atoms with Crippen molar-refractivity contribution in [3.8, 4) is 5.75 Å². The zero-order chi connectivity index (χ0) is 14.5. The van der Waals surface area contributed by atoms with Crippen LogP contribution in [0.2, 0.25) is 0 Å². The largest absolute Gasteiger partial charge is 0.494 e. The Morgan fingerprint density at radius 1 is 1.20 bits per heavy atom. The number of rotatable bonds is 4. The van der Waals surface area contributed by atoms with Gasteiger partial charge in [-0.2, -0.15) is 0 Å². The van der Waals surface area contributed by atoms with Gasteiger partial charge in [0.05, 0.1) is 6.61 Å². The highest BCUT2D eigenvalue weighted by Crippen LogP contribution is 2.14. The summed E-state index contributed by atoms with van der Waals surface area (Å²) in [5, 5.41) is 2.16. The van der Waals surface area contributed by atoms with Crippen molar-refractivity contribution >= 4 is 17.7 Å². The van der Waals surface area contributed by atoms with Gasteiger partial charge in [-0.1, -0.05) is 6.92 Å². The number of benzene rings is 1. The fourth-order valence-corrected chi connectivity index (χ4v) is 1.88. The van der Waals surface area contributed by atoms with Crippen molar-refractivity contribution in [3.63, 3.8) is 0 Å². The lowest BCUT2D eigenvalue weighted by Crippen LogP contribution is -2.53. The highest BCUT2D eigenvalue weighted by Gasteiger charge is 2.26. The Hall–Kier alpha value is -2.37. The van der Waals surface area contributed by atoms with E-state index in [1.165, 1.54) is 4.90 Å². The molecular formula is C14H16N2O4. The number of amides is 3. The van der Waals surface area contributed by atoms with Gasteiger partial charge in [-0.3, -0.25) is 19.7 Å². The Bertz CT molecular complexity index is 508. The van der Waals surface area contributed by atoms with Gasteiger partial charge < -0.3 is 9.64 Å². The number of carbonyl (C=O) groups excluding carboxylic acids is 3. The molecule has 0 unspecified atom stereocenters. The predicted molar refractivity (Wildman–Crippen MR) is 71.3 cm³/mol. The Kier molecular flexibility index (Phi) is 4.34. The number of ether oxygens (including phenoxy) is 1. The molecule has 0 saturated carbocycles. The molecule has 1 aromatic carbocycles. The Morgan fingerprint density at radius 2 is 1.80 bits per heavy atom. The van der Waals surface area contributed by atoms with E-state index in [0.717, 1.165) is 6.42 Å². The first-order valence-electron chi connectivity index (χ1n) is 6.45. The van der Waals surface area contributed by atoms with Crippen molar-refractivity contribution in [2.24, 2.45) is 0 Å². The molecule has 1 fully saturated rings. The van der Waals surface area contributed by atoms with Crippen LogP contribution in [0.3, 0.4) is 0 Å². The van der Waals surface area contributed by atoms with Crippen LogP contribution < -0.4 is 10.1 Å². The van der Waals surface area contributed by atoms with E-state index in [4.69, 9.17) is 4.74 Å². The average Bonchev–Trinajstić information content (AvgIpc) is 2.44. The molecule has 6 heteroatoms. The van der Waals surface area contributed by atoms with Gasteiger partial charge in [-0.15, -0.1) is 0 Å². The van der Waals surface area contributed by atoms with Crippen LogP contribution >= 0.6 is 0 Å². The highest BCUT2D eigenvalue weighted by atomic mass is 16.5. The summed E-state index contributed by atoms with van der Waals surface area (Å²) < 4.78 is 5.43. The van der Waals surface area contributed by atoms with Crippen molar-refractivity contribution in [1.29, 1.82) is 0 Å². The van der Waals surface area contributed by atoms with Gasteiger partial charge in [-0.25, -0.2) is 0 Å². The van der Waals surface area contributed by atoms with Crippen molar-refractivity contribution in [2.75, 3.05) is 19.7 Å². The van der Waals surface area contributed by atoms with Crippen LogP contribution in [0.5, 0.6) is 5.75 Å². The van der Waals surface area contributed by atoms with Gasteiger partial charge in [0, 0.05) is 5.56 Å². The van der Waals surface area contributed by atoms with Crippen LogP contribution in [0, 0.1) is 0 Å². The lowest BCUT2D eigenvalue weighted by Gasteiger charge is -2.25. The second-order valence-electron chi connectivity index (χ2n) is 4.51. The molecule has 1 aliphatic rings. The minimum Gasteiger partial charge on any atom is -0.494 e. The molecule has 1 saturated heterocycles. The highest BCUT2D eigenvalue weighted by molar-refractivity contribution is 6.05. The topological polar surface area (TPSA) is 75.7 Å². The number of imide groups is 1. The number of carbonyl (C=O) groups is 3. The normalized spacial score (nSPS) is 14.9. The van der Waals surface area contributed by atoms with Crippen LogP contribution in [0.25, 0.3) is 0 Å². The summed E-state index contributed by atoms with van der Waals surface area (Å²) in [6.45, 7) is 2.43. The number of hydrogen-bond donors (Lipinski definition) is 1. The molecule has 1 aliphatic heterocycles. The maximum Gasteiger partial charge on any atom is 0.254 e. The minimum atomic E-state index is -0.461. The van der Waals surface area contributed by atoms with Gasteiger partial charge in [0.2, 0.25) is 11.8 Å². The fraction of sp³-hybridized carbons (Fsp3) is 0.357. The molecule has 0 bridgehead atoms. The molecule has 3 amide bonds.